The summed E-state index contributed by atoms with van der Waals surface area (Å²) in [5.74, 6) is 3.27. The number of aryl methyl sites for hydroxylation is 1. The van der Waals surface area contributed by atoms with Crippen molar-refractivity contribution in [2.45, 2.75) is 51.5 Å². The number of morpholine rings is 1. The molecule has 1 aliphatic carbocycles. The molecule has 32 heavy (non-hydrogen) atoms. The van der Waals surface area contributed by atoms with Gasteiger partial charge in [0.2, 0.25) is 0 Å². The monoisotopic (exact) mass is 434 g/mol. The highest BCUT2D eigenvalue weighted by atomic mass is 16.5. The minimum atomic E-state index is 0.478. The van der Waals surface area contributed by atoms with Gasteiger partial charge < -0.3 is 9.30 Å². The van der Waals surface area contributed by atoms with Crippen LogP contribution in [0.5, 0.6) is 0 Å². The van der Waals surface area contributed by atoms with E-state index in [-0.39, 0.29) is 0 Å². The first kappa shape index (κ1) is 21.3. The van der Waals surface area contributed by atoms with Gasteiger partial charge in [-0.1, -0.05) is 19.8 Å². The van der Waals surface area contributed by atoms with Crippen LogP contribution >= 0.6 is 0 Å². The molecule has 1 saturated heterocycles. The minimum absolute atomic E-state index is 0.478. The van der Waals surface area contributed by atoms with E-state index in [0.29, 0.717) is 5.92 Å². The van der Waals surface area contributed by atoms with E-state index in [1.54, 1.807) is 0 Å². The second-order valence-electron chi connectivity index (χ2n) is 9.30. The Morgan fingerprint density at radius 2 is 1.78 bits per heavy atom. The Hall–Kier alpha value is -2.51. The summed E-state index contributed by atoms with van der Waals surface area (Å²) < 4.78 is 9.69. The molecule has 0 amide bonds. The smallest absolute Gasteiger partial charge is 0.160 e. The summed E-state index contributed by atoms with van der Waals surface area (Å²) in [4.78, 5) is 12.1. The molecule has 7 heteroatoms. The van der Waals surface area contributed by atoms with E-state index in [0.717, 1.165) is 74.6 Å². The zero-order chi connectivity index (χ0) is 21.8. The third kappa shape index (κ3) is 4.94. The van der Waals surface area contributed by atoms with Crippen LogP contribution in [0, 0.1) is 5.92 Å². The maximum absolute atomic E-state index is 5.48. The largest absolute Gasteiger partial charge is 0.379 e. The molecule has 4 heterocycles. The number of hydrogen-bond donors (Lipinski definition) is 0. The predicted octanol–water partition coefficient (Wildman–Crippen LogP) is 4.15. The van der Waals surface area contributed by atoms with Crippen LogP contribution in [0.2, 0.25) is 0 Å². The lowest BCUT2D eigenvalue weighted by molar-refractivity contribution is 0.0368. The Morgan fingerprint density at radius 1 is 1.00 bits per heavy atom. The quantitative estimate of drug-likeness (QED) is 0.559. The molecule has 3 aromatic rings. The molecule has 0 aromatic carbocycles. The number of aromatic nitrogens is 5. The van der Waals surface area contributed by atoms with Crippen LogP contribution in [0.15, 0.2) is 43.0 Å². The average Bonchev–Trinajstić information content (AvgIpc) is 3.51. The van der Waals surface area contributed by atoms with Crippen molar-refractivity contribution in [3.8, 4) is 17.1 Å². The number of hydrogen-bond acceptors (Lipinski definition) is 5. The first-order chi connectivity index (χ1) is 15.8. The van der Waals surface area contributed by atoms with Crippen molar-refractivity contribution in [1.29, 1.82) is 0 Å². The summed E-state index contributed by atoms with van der Waals surface area (Å²) in [6, 6.07) is 6.23. The highest BCUT2D eigenvalue weighted by Crippen LogP contribution is 2.35. The summed E-state index contributed by atoms with van der Waals surface area (Å²) in [6.45, 7) is 8.04. The van der Waals surface area contributed by atoms with E-state index < -0.39 is 0 Å². The van der Waals surface area contributed by atoms with E-state index in [2.05, 4.69) is 32.1 Å². The Bertz CT molecular complexity index is 984. The zero-order valence-corrected chi connectivity index (χ0v) is 19.1. The van der Waals surface area contributed by atoms with Gasteiger partial charge in [0.25, 0.3) is 0 Å². The second-order valence-corrected chi connectivity index (χ2v) is 9.30. The molecular weight excluding hydrogens is 400 g/mol. The first-order valence-electron chi connectivity index (χ1n) is 12.1. The van der Waals surface area contributed by atoms with Crippen LogP contribution in [0.1, 0.15) is 50.8 Å². The van der Waals surface area contributed by atoms with Gasteiger partial charge in [0.15, 0.2) is 11.6 Å². The lowest BCUT2D eigenvalue weighted by Gasteiger charge is -2.26. The van der Waals surface area contributed by atoms with E-state index in [1.165, 1.54) is 25.7 Å². The summed E-state index contributed by atoms with van der Waals surface area (Å²) in [5, 5.41) is 5.04. The van der Waals surface area contributed by atoms with E-state index in [4.69, 9.17) is 14.8 Å². The Balaban J connectivity index is 1.38. The fraction of sp³-hybridized carbons (Fsp3) is 0.560. The van der Waals surface area contributed by atoms with Crippen molar-refractivity contribution in [3.05, 3.63) is 48.8 Å². The van der Waals surface area contributed by atoms with E-state index in [9.17, 15) is 0 Å². The van der Waals surface area contributed by atoms with Crippen molar-refractivity contribution < 1.29 is 4.74 Å². The molecule has 0 bridgehead atoms. The molecule has 1 saturated carbocycles. The highest BCUT2D eigenvalue weighted by Gasteiger charge is 2.25. The molecule has 0 unspecified atom stereocenters. The second kappa shape index (κ2) is 9.96. The van der Waals surface area contributed by atoms with Crippen molar-refractivity contribution in [3.63, 3.8) is 0 Å². The van der Waals surface area contributed by atoms with Gasteiger partial charge in [-0.15, -0.1) is 0 Å². The molecule has 2 aliphatic rings. The molecular formula is C25H34N6O. The highest BCUT2D eigenvalue weighted by molar-refractivity contribution is 5.57. The van der Waals surface area contributed by atoms with Gasteiger partial charge in [-0.05, 0) is 43.4 Å². The summed E-state index contributed by atoms with van der Waals surface area (Å²) >= 11 is 0. The third-order valence-electron chi connectivity index (χ3n) is 6.90. The topological polar surface area (TPSA) is 61.0 Å². The van der Waals surface area contributed by atoms with Crippen molar-refractivity contribution in [2.24, 2.45) is 5.92 Å². The fourth-order valence-electron chi connectivity index (χ4n) is 4.89. The molecule has 3 aromatic heterocycles. The van der Waals surface area contributed by atoms with E-state index >= 15 is 0 Å². The summed E-state index contributed by atoms with van der Waals surface area (Å²) in [7, 11) is 0. The molecule has 0 radical (unpaired) electrons. The van der Waals surface area contributed by atoms with Gasteiger partial charge >= 0.3 is 0 Å². The molecule has 0 spiro atoms. The molecule has 2 fully saturated rings. The van der Waals surface area contributed by atoms with Crippen LogP contribution in [0.3, 0.4) is 0 Å². The van der Waals surface area contributed by atoms with Crippen LogP contribution < -0.4 is 0 Å². The molecule has 0 N–H and O–H groups in total. The van der Waals surface area contributed by atoms with Crippen LogP contribution in [0.25, 0.3) is 17.1 Å². The SMILES string of the molecule is CC1CCC(c2nc(-c3cncc(-n4cccc4)c3)n(CCCN3CCOCC3)n2)CC1. The predicted molar refractivity (Wildman–Crippen MR) is 125 cm³/mol. The minimum Gasteiger partial charge on any atom is -0.379 e. The number of rotatable bonds is 7. The van der Waals surface area contributed by atoms with Gasteiger partial charge in [0, 0.05) is 56.3 Å². The van der Waals surface area contributed by atoms with Gasteiger partial charge in [-0.3, -0.25) is 9.88 Å². The lowest BCUT2D eigenvalue weighted by Crippen LogP contribution is -2.37. The van der Waals surface area contributed by atoms with Gasteiger partial charge in [-0.25, -0.2) is 9.67 Å². The molecule has 1 aliphatic heterocycles. The maximum atomic E-state index is 5.48. The molecule has 170 valence electrons. The normalized spacial score (nSPS) is 22.3. The van der Waals surface area contributed by atoms with Crippen LogP contribution in [0.4, 0.5) is 0 Å². The first-order valence-corrected chi connectivity index (χ1v) is 12.1. The zero-order valence-electron chi connectivity index (χ0n) is 19.1. The average molecular weight is 435 g/mol. The number of pyridine rings is 1. The van der Waals surface area contributed by atoms with Gasteiger partial charge in [0.1, 0.15) is 0 Å². The van der Waals surface area contributed by atoms with Crippen LogP contribution in [-0.2, 0) is 11.3 Å². The molecule has 5 rings (SSSR count). The maximum Gasteiger partial charge on any atom is 0.160 e. The number of nitrogens with zero attached hydrogens (tertiary/aromatic N) is 6. The van der Waals surface area contributed by atoms with Gasteiger partial charge in [-0.2, -0.15) is 5.10 Å². The lowest BCUT2D eigenvalue weighted by atomic mass is 9.83. The Kier molecular flexibility index (Phi) is 6.64. The Labute approximate surface area is 190 Å². The van der Waals surface area contributed by atoms with Crippen molar-refractivity contribution >= 4 is 0 Å². The van der Waals surface area contributed by atoms with Crippen molar-refractivity contribution in [1.82, 2.24) is 29.2 Å². The van der Waals surface area contributed by atoms with E-state index in [1.807, 2.05) is 36.9 Å². The fourth-order valence-corrected chi connectivity index (χ4v) is 4.89. The summed E-state index contributed by atoms with van der Waals surface area (Å²) in [5.41, 5.74) is 2.08. The van der Waals surface area contributed by atoms with Gasteiger partial charge in [0.05, 0.1) is 25.1 Å². The van der Waals surface area contributed by atoms with Crippen molar-refractivity contribution in [2.75, 3.05) is 32.8 Å². The summed E-state index contributed by atoms with van der Waals surface area (Å²) in [6.07, 6.45) is 13.9. The third-order valence-corrected chi connectivity index (χ3v) is 6.90. The standard InChI is InChI=1S/C25H34N6O/c1-20-5-7-21(8-6-20)24-27-25(22-17-23(19-26-18-22)30-10-2-3-11-30)31(28-24)12-4-9-29-13-15-32-16-14-29/h2-3,10-11,17-21H,4-9,12-16H2,1H3. The number of ether oxygens (including phenoxy) is 1. The molecule has 7 nitrogen and oxygen atoms in total. The Morgan fingerprint density at radius 3 is 2.56 bits per heavy atom. The van der Waals surface area contributed by atoms with Crippen LogP contribution in [-0.4, -0.2) is 62.1 Å². The molecule has 0 atom stereocenters.